The molecule has 2 aromatic rings. The van der Waals surface area contributed by atoms with Crippen LogP contribution in [0.25, 0.3) is 10.9 Å². The molecule has 0 amide bonds. The van der Waals surface area contributed by atoms with E-state index in [9.17, 15) is 0 Å². The first-order chi connectivity index (χ1) is 8.66. The minimum atomic E-state index is 0. The Labute approximate surface area is 133 Å². The molecule has 0 unspecified atom stereocenters. The second kappa shape index (κ2) is 9.01. The third-order valence-electron chi connectivity index (χ3n) is 2.94. The summed E-state index contributed by atoms with van der Waals surface area (Å²) in [6.07, 6.45) is 1.14. The Balaban J connectivity index is 0.00000180. The highest BCUT2D eigenvalue weighted by molar-refractivity contribution is 5.91. The lowest BCUT2D eigenvalue weighted by Crippen LogP contribution is -2.16. The fourth-order valence-corrected chi connectivity index (χ4v) is 2.07. The molecule has 3 nitrogen and oxygen atoms in total. The molecule has 5 heteroatoms. The van der Waals surface area contributed by atoms with Crippen LogP contribution < -0.4 is 5.32 Å². The predicted octanol–water partition coefficient (Wildman–Crippen LogP) is 3.75. The number of aryl methyl sites for hydroxylation is 1. The van der Waals surface area contributed by atoms with E-state index < -0.39 is 0 Å². The van der Waals surface area contributed by atoms with E-state index in [-0.39, 0.29) is 24.8 Å². The zero-order valence-electron chi connectivity index (χ0n) is 12.2. The molecule has 1 aromatic heterocycles. The second-order valence-corrected chi connectivity index (χ2v) is 4.91. The van der Waals surface area contributed by atoms with Gasteiger partial charge in [0.1, 0.15) is 0 Å². The molecule has 0 aliphatic carbocycles. The van der Waals surface area contributed by atoms with Crippen LogP contribution in [0.5, 0.6) is 0 Å². The fourth-order valence-electron chi connectivity index (χ4n) is 2.07. The first kappa shape index (κ1) is 19.0. The van der Waals surface area contributed by atoms with Crippen LogP contribution in [0.1, 0.15) is 12.1 Å². The lowest BCUT2D eigenvalue weighted by Gasteiger charge is -2.12. The molecule has 112 valence electrons. The van der Waals surface area contributed by atoms with Gasteiger partial charge in [-0.25, -0.2) is 0 Å². The molecule has 0 fully saturated rings. The molecule has 1 heterocycles. The van der Waals surface area contributed by atoms with E-state index in [1.165, 1.54) is 11.1 Å². The first-order valence-electron chi connectivity index (χ1n) is 6.42. The summed E-state index contributed by atoms with van der Waals surface area (Å²) in [5, 5.41) is 4.72. The van der Waals surface area contributed by atoms with E-state index in [1.54, 1.807) is 0 Å². The van der Waals surface area contributed by atoms with E-state index in [2.05, 4.69) is 53.6 Å². The Kier molecular flexibility index (Phi) is 8.54. The lowest BCUT2D eigenvalue weighted by molar-refractivity contribution is 0.405. The number of anilines is 1. The first-order valence-corrected chi connectivity index (χ1v) is 6.42. The molecule has 20 heavy (non-hydrogen) atoms. The number of rotatable bonds is 5. The maximum absolute atomic E-state index is 4.54. The topological polar surface area (TPSA) is 28.2 Å². The van der Waals surface area contributed by atoms with Crippen molar-refractivity contribution in [2.24, 2.45) is 0 Å². The molecule has 0 radical (unpaired) electrons. The summed E-state index contributed by atoms with van der Waals surface area (Å²) in [6, 6.07) is 10.4. The highest BCUT2D eigenvalue weighted by Crippen LogP contribution is 2.22. The van der Waals surface area contributed by atoms with Crippen molar-refractivity contribution in [1.82, 2.24) is 9.88 Å². The van der Waals surface area contributed by atoms with Gasteiger partial charge in [0.15, 0.2) is 0 Å². The van der Waals surface area contributed by atoms with Crippen molar-refractivity contribution in [2.45, 2.75) is 13.3 Å². The van der Waals surface area contributed by atoms with Crippen LogP contribution in [0.2, 0.25) is 0 Å². The van der Waals surface area contributed by atoms with Crippen LogP contribution in [0.3, 0.4) is 0 Å². The van der Waals surface area contributed by atoms with E-state index >= 15 is 0 Å². The van der Waals surface area contributed by atoms with Crippen molar-refractivity contribution in [1.29, 1.82) is 0 Å². The minimum Gasteiger partial charge on any atom is -0.384 e. The maximum Gasteiger partial charge on any atom is 0.0725 e. The van der Waals surface area contributed by atoms with Gasteiger partial charge in [-0.3, -0.25) is 4.98 Å². The fraction of sp³-hybridized carbons (Fsp3) is 0.400. The van der Waals surface area contributed by atoms with E-state index in [1.807, 2.05) is 13.0 Å². The number of benzene rings is 1. The molecule has 0 bridgehead atoms. The molecule has 1 aromatic carbocycles. The summed E-state index contributed by atoms with van der Waals surface area (Å²) < 4.78 is 0. The predicted molar refractivity (Wildman–Crippen MR) is 92.6 cm³/mol. The van der Waals surface area contributed by atoms with Crippen molar-refractivity contribution >= 4 is 41.4 Å². The monoisotopic (exact) mass is 315 g/mol. The van der Waals surface area contributed by atoms with Crippen molar-refractivity contribution in [3.8, 4) is 0 Å². The Hall–Kier alpha value is -1.03. The SMILES string of the molecule is Cc1cc(NCCCN(C)C)c2ccccc2n1.Cl.Cl. The number of aromatic nitrogens is 1. The summed E-state index contributed by atoms with van der Waals surface area (Å²) in [7, 11) is 4.21. The summed E-state index contributed by atoms with van der Waals surface area (Å²) in [5.41, 5.74) is 3.31. The number of para-hydroxylation sites is 1. The summed E-state index contributed by atoms with van der Waals surface area (Å²) >= 11 is 0. The van der Waals surface area contributed by atoms with Crippen molar-refractivity contribution in [3.63, 3.8) is 0 Å². The van der Waals surface area contributed by atoms with Gasteiger partial charge in [0.2, 0.25) is 0 Å². The van der Waals surface area contributed by atoms with Gasteiger partial charge >= 0.3 is 0 Å². The van der Waals surface area contributed by atoms with E-state index in [0.717, 1.165) is 30.7 Å². The van der Waals surface area contributed by atoms with Crippen LogP contribution in [0.4, 0.5) is 5.69 Å². The molecule has 0 aliphatic heterocycles. The van der Waals surface area contributed by atoms with Gasteiger partial charge in [-0.15, -0.1) is 24.8 Å². The van der Waals surface area contributed by atoms with Crippen molar-refractivity contribution in [3.05, 3.63) is 36.0 Å². The normalized spacial score (nSPS) is 10.0. The smallest absolute Gasteiger partial charge is 0.0725 e. The van der Waals surface area contributed by atoms with Gasteiger partial charge < -0.3 is 10.2 Å². The summed E-state index contributed by atoms with van der Waals surface area (Å²) in [5.74, 6) is 0. The molecular formula is C15H23Cl2N3. The number of nitrogens with zero attached hydrogens (tertiary/aromatic N) is 2. The zero-order chi connectivity index (χ0) is 13.0. The lowest BCUT2D eigenvalue weighted by atomic mass is 10.1. The van der Waals surface area contributed by atoms with Crippen LogP contribution in [-0.2, 0) is 0 Å². The standard InChI is InChI=1S/C15H21N3.2ClH/c1-12-11-15(16-9-6-10-18(2)3)13-7-4-5-8-14(13)17-12;;/h4-5,7-8,11H,6,9-10H2,1-3H3,(H,16,17);2*1H. The Morgan fingerprint density at radius 2 is 1.85 bits per heavy atom. The third-order valence-corrected chi connectivity index (χ3v) is 2.94. The molecule has 2 rings (SSSR count). The van der Waals surface area contributed by atoms with E-state index in [0.29, 0.717) is 0 Å². The van der Waals surface area contributed by atoms with E-state index in [4.69, 9.17) is 0 Å². The number of hydrogen-bond acceptors (Lipinski definition) is 3. The van der Waals surface area contributed by atoms with Gasteiger partial charge in [0.25, 0.3) is 0 Å². The quantitative estimate of drug-likeness (QED) is 0.852. The average Bonchev–Trinajstić information content (AvgIpc) is 2.34. The van der Waals surface area contributed by atoms with Crippen LogP contribution in [-0.4, -0.2) is 37.1 Å². The number of pyridine rings is 1. The third kappa shape index (κ3) is 5.16. The molecule has 0 saturated carbocycles. The second-order valence-electron chi connectivity index (χ2n) is 4.91. The van der Waals surface area contributed by atoms with Crippen LogP contribution >= 0.6 is 24.8 Å². The Bertz CT molecular complexity index is 530. The molecule has 0 saturated heterocycles. The number of nitrogens with one attached hydrogen (secondary N) is 1. The van der Waals surface area contributed by atoms with Gasteiger partial charge in [-0.05, 0) is 46.1 Å². The van der Waals surface area contributed by atoms with Gasteiger partial charge in [0, 0.05) is 23.3 Å². The highest BCUT2D eigenvalue weighted by atomic mass is 35.5. The number of hydrogen-bond donors (Lipinski definition) is 1. The summed E-state index contributed by atoms with van der Waals surface area (Å²) in [4.78, 5) is 6.75. The van der Waals surface area contributed by atoms with Crippen molar-refractivity contribution < 1.29 is 0 Å². The Morgan fingerprint density at radius 3 is 2.55 bits per heavy atom. The Morgan fingerprint density at radius 1 is 1.15 bits per heavy atom. The number of fused-ring (bicyclic) bond motifs is 1. The zero-order valence-corrected chi connectivity index (χ0v) is 13.9. The van der Waals surface area contributed by atoms with Gasteiger partial charge in [0.05, 0.1) is 5.52 Å². The molecule has 0 spiro atoms. The average molecular weight is 316 g/mol. The maximum atomic E-state index is 4.54. The summed E-state index contributed by atoms with van der Waals surface area (Å²) in [6.45, 7) is 4.14. The highest BCUT2D eigenvalue weighted by Gasteiger charge is 2.02. The van der Waals surface area contributed by atoms with Gasteiger partial charge in [-0.1, -0.05) is 18.2 Å². The van der Waals surface area contributed by atoms with Gasteiger partial charge in [-0.2, -0.15) is 0 Å². The molecule has 1 N–H and O–H groups in total. The van der Waals surface area contributed by atoms with Crippen molar-refractivity contribution in [2.75, 3.05) is 32.5 Å². The van der Waals surface area contributed by atoms with Crippen LogP contribution in [0.15, 0.2) is 30.3 Å². The molecule has 0 aliphatic rings. The molecule has 0 atom stereocenters. The van der Waals surface area contributed by atoms with Crippen LogP contribution in [0, 0.1) is 6.92 Å². The number of halogens is 2. The largest absolute Gasteiger partial charge is 0.384 e. The molecular weight excluding hydrogens is 293 g/mol. The minimum absolute atomic E-state index is 0.